The molecular weight excluding hydrogens is 1680 g/mol. The first-order chi connectivity index (χ1) is 57.8. The number of ether oxygens (including phenoxy) is 9. The van der Waals surface area contributed by atoms with Crippen LogP contribution in [0.25, 0.3) is 0 Å². The predicted molar refractivity (Wildman–Crippen MR) is 414 cm³/mol. The van der Waals surface area contributed by atoms with Gasteiger partial charge in [-0.1, -0.05) is 49.1 Å². The molecule has 18 bridgehead atoms. The van der Waals surface area contributed by atoms with Crippen LogP contribution in [0.15, 0.2) is 24.3 Å². The highest BCUT2D eigenvalue weighted by molar-refractivity contribution is 5.86. The summed E-state index contributed by atoms with van der Waals surface area (Å²) < 4.78 is 221. The largest absolute Gasteiger partial charge is 0.462 e. The van der Waals surface area contributed by atoms with Crippen molar-refractivity contribution < 1.29 is 157 Å². The molecule has 1 aromatic carbocycles. The van der Waals surface area contributed by atoms with Crippen molar-refractivity contribution in [3.05, 3.63) is 35.4 Å². The van der Waals surface area contributed by atoms with Gasteiger partial charge >= 0.3 is 95.2 Å². The first-order valence-corrected chi connectivity index (χ1v) is 44.4. The average molecular weight is 1800 g/mol. The summed E-state index contributed by atoms with van der Waals surface area (Å²) >= 11 is 0. The van der Waals surface area contributed by atoms with Gasteiger partial charge in [-0.2, -0.15) is 61.5 Å². The molecular formula is C91H120F14O20. The minimum Gasteiger partial charge on any atom is -0.462 e. The van der Waals surface area contributed by atoms with Gasteiger partial charge in [0.1, 0.15) is 30.7 Å². The second-order valence-corrected chi connectivity index (χ2v) is 41.8. The maximum atomic E-state index is 13.2. The maximum Gasteiger partial charge on any atom is 0.377 e. The number of cyclic esters (lactones) is 1. The molecule has 12 atom stereocenters. The van der Waals surface area contributed by atoms with Crippen LogP contribution in [0.2, 0.25) is 0 Å². The van der Waals surface area contributed by atoms with Gasteiger partial charge in [0.2, 0.25) is 0 Å². The lowest BCUT2D eigenvalue weighted by Crippen LogP contribution is -2.57. The third-order valence-electron chi connectivity index (χ3n) is 29.8. The lowest BCUT2D eigenvalue weighted by atomic mass is 9.43. The molecule has 0 aromatic heterocycles. The van der Waals surface area contributed by atoms with E-state index in [-0.39, 0.29) is 115 Å². The number of rotatable bonds is 20. The Hall–Kier alpha value is -6.90. The number of esters is 9. The summed E-state index contributed by atoms with van der Waals surface area (Å²) in [7, 11) is 0. The fourth-order valence-corrected chi connectivity index (χ4v) is 26.2. The number of halogens is 14. The van der Waals surface area contributed by atoms with E-state index in [1.807, 2.05) is 0 Å². The smallest absolute Gasteiger partial charge is 0.377 e. The van der Waals surface area contributed by atoms with Crippen LogP contribution in [0.5, 0.6) is 0 Å². The van der Waals surface area contributed by atoms with E-state index < -0.39 is 113 Å². The van der Waals surface area contributed by atoms with Crippen molar-refractivity contribution in [3.8, 4) is 0 Å². The molecule has 20 nitrogen and oxygen atoms in total. The Morgan fingerprint density at radius 2 is 0.800 bits per heavy atom. The van der Waals surface area contributed by atoms with Gasteiger partial charge in [0.25, 0.3) is 0 Å². The van der Waals surface area contributed by atoms with Crippen molar-refractivity contribution in [1.29, 1.82) is 0 Å². The van der Waals surface area contributed by atoms with Gasteiger partial charge in [-0.15, -0.1) is 0 Å². The molecule has 702 valence electrons. The summed E-state index contributed by atoms with van der Waals surface area (Å²) in [5, 5.41) is 10.5. The van der Waals surface area contributed by atoms with Gasteiger partial charge in [-0.05, 0) is 245 Å². The molecule has 2 heterocycles. The second kappa shape index (κ2) is 36.4. The van der Waals surface area contributed by atoms with E-state index in [2.05, 4.69) is 45.4 Å². The molecule has 0 radical (unpaired) electrons. The Morgan fingerprint density at radius 3 is 1.22 bits per heavy atom. The van der Waals surface area contributed by atoms with Crippen LogP contribution in [0, 0.1) is 111 Å². The summed E-state index contributed by atoms with van der Waals surface area (Å²) in [6.07, 6.45) is 27.6. The van der Waals surface area contributed by atoms with Crippen LogP contribution in [0.1, 0.15) is 259 Å². The van der Waals surface area contributed by atoms with E-state index in [9.17, 15) is 115 Å². The van der Waals surface area contributed by atoms with Gasteiger partial charge in [-0.25, -0.2) is 33.6 Å². The third kappa shape index (κ3) is 23.8. The van der Waals surface area contributed by atoms with Crippen LogP contribution in [-0.2, 0) is 96.0 Å². The molecule has 1 N–H and O–H groups in total. The number of Topliss-reactive ketones (excluding diaryl/α,β-unsaturated/α-hetero) is 1. The number of aryl methyl sites for hydroxylation is 1. The number of hydrogen-bond donors (Lipinski definition) is 1. The van der Waals surface area contributed by atoms with Crippen LogP contribution in [0.3, 0.4) is 0 Å². The number of ketones is 1. The predicted octanol–water partition coefficient (Wildman–Crippen LogP) is 17.9. The van der Waals surface area contributed by atoms with Gasteiger partial charge in [0, 0.05) is 93.8 Å². The number of alkyl halides is 14. The number of benzene rings is 1. The highest BCUT2D eigenvalue weighted by Gasteiger charge is 2.66. The molecule has 34 heteroatoms. The standard InChI is InChI=1S/C21H26F2O2.C14H20F2O3.C14H18F2O3.C14H20F2O2.C11H12F2O4.C10H16F2O2.C7H8F2O4/c1-14-3-5-17(6-4-14)21-10-15-7-16(11-21)9-20(8-15,12-21)13-25-18(24)19(2,22)23;1-12(15,16)11(17)19-8-13-3-9-2-10(4-13)6-14(18,5-9)7-13;1-13(15,16)12(18)19-7-14-4-8-2-9(5-14)11(17)10(3-8)6-14;1-13(15,16)12(17)18-8-14-5-9-2-10(6-14)4-11(3-9)7-14;1-11(12,13)10(15)17-7-4-2-5-6(3-4)9(14)16-8(5)7;1-10(11,12)9(13)14-7-8-5-3-2-4-6-8;1-7(8,9)6(11)13-4-2-5(10)12-3-4/h3-6,15-16H,7-13H2,1-2H3;9-10,18H,2-8H2,1H3;8-10H,2-7H2,1H3;9-11H,2-8H2,1H3;4-8H,2-3H2,1H3;8H,2-7H2,1H3;4H,2-3H2,1H3. The molecule has 2 aliphatic heterocycles. The summed E-state index contributed by atoms with van der Waals surface area (Å²) in [6.45, 7) is 6.39. The molecule has 0 amide bonds. The Bertz CT molecular complexity index is 4010. The quantitative estimate of drug-likeness (QED) is 0.0721. The number of aliphatic hydroxyl groups is 1. The Kier molecular flexibility index (Phi) is 28.3. The normalized spacial score (nSPS) is 36.6. The van der Waals surface area contributed by atoms with E-state index >= 15 is 0 Å². The highest BCUT2D eigenvalue weighted by atomic mass is 19.3. The van der Waals surface area contributed by atoms with E-state index in [1.165, 1.54) is 56.1 Å². The van der Waals surface area contributed by atoms with Crippen molar-refractivity contribution in [1.82, 2.24) is 0 Å². The van der Waals surface area contributed by atoms with E-state index in [4.69, 9.17) is 28.4 Å². The van der Waals surface area contributed by atoms with Crippen molar-refractivity contribution in [2.75, 3.05) is 39.6 Å². The van der Waals surface area contributed by atoms with Crippen LogP contribution >= 0.6 is 0 Å². The zero-order valence-electron chi connectivity index (χ0n) is 72.3. The zero-order chi connectivity index (χ0) is 91.6. The zero-order valence-corrected chi connectivity index (χ0v) is 72.3. The van der Waals surface area contributed by atoms with Crippen molar-refractivity contribution in [2.45, 2.75) is 325 Å². The summed E-state index contributed by atoms with van der Waals surface area (Å²) in [4.78, 5) is 111. The molecule has 19 saturated carbocycles. The molecule has 21 aliphatic rings. The van der Waals surface area contributed by atoms with Gasteiger partial charge < -0.3 is 47.7 Å². The monoisotopic (exact) mass is 1800 g/mol. The lowest BCUT2D eigenvalue weighted by molar-refractivity contribution is -0.197. The van der Waals surface area contributed by atoms with Crippen molar-refractivity contribution >= 4 is 59.5 Å². The van der Waals surface area contributed by atoms with Gasteiger partial charge in [0.15, 0.2) is 0 Å². The summed E-state index contributed by atoms with van der Waals surface area (Å²) in [5.41, 5.74) is 1.55. The molecule has 19 aliphatic carbocycles. The topological polar surface area (TPSA) is 274 Å². The minimum absolute atomic E-state index is 0.00671. The number of carbonyl (C=O) groups excluding carboxylic acids is 10. The van der Waals surface area contributed by atoms with Crippen LogP contribution in [0.4, 0.5) is 61.5 Å². The van der Waals surface area contributed by atoms with Crippen molar-refractivity contribution in [2.24, 2.45) is 105 Å². The number of hydrogen-bond acceptors (Lipinski definition) is 20. The van der Waals surface area contributed by atoms with Gasteiger partial charge in [-0.3, -0.25) is 14.4 Å². The Labute approximate surface area is 718 Å². The highest BCUT2D eigenvalue weighted by Crippen LogP contribution is 2.67. The number of carbonyl (C=O) groups is 10. The van der Waals surface area contributed by atoms with E-state index in [0.29, 0.717) is 110 Å². The summed E-state index contributed by atoms with van der Waals surface area (Å²) in [5.74, 6) is -29.4. The first-order valence-electron chi connectivity index (χ1n) is 44.4. The molecule has 21 fully saturated rings. The average Bonchev–Trinajstić information content (AvgIpc) is 1.21. The Balaban J connectivity index is 0.000000134. The SMILES string of the molecule is CC(F)(F)C(=O)OC1C2CC3C(=O)OC1C3C2.CC(F)(F)C(=O)OC1COC(=O)C1.CC(F)(F)C(=O)OCC12CC3CC(C1)C(=O)C(C3)C2.CC(F)(F)C(=O)OCC12CC3CC(CC(C3)C1)C2.CC(F)(F)C(=O)OCC12CC3CC(CC(O)(C3)C1)C2.CC(F)(F)C(=O)OCC1CCCCC1.Cc1ccc(C23CC4CC(CC(COC(=O)C(C)(F)F)(C4)C2)C3)cc1. The van der Waals surface area contributed by atoms with Gasteiger partial charge in [0.05, 0.1) is 51.0 Å². The lowest BCUT2D eigenvalue weighted by Gasteiger charge is -2.62. The molecule has 22 rings (SSSR count). The molecule has 0 spiro atoms. The first kappa shape index (κ1) is 97.2. The summed E-state index contributed by atoms with van der Waals surface area (Å²) in [6, 6.07) is 8.81. The fourth-order valence-electron chi connectivity index (χ4n) is 26.2. The third-order valence-corrected chi connectivity index (χ3v) is 29.8. The molecule has 12 unspecified atom stereocenters. The maximum absolute atomic E-state index is 13.2. The molecule has 125 heavy (non-hydrogen) atoms. The fraction of sp³-hybridized carbons (Fsp3) is 0.824. The van der Waals surface area contributed by atoms with Crippen LogP contribution in [-0.4, -0.2) is 170 Å². The second-order valence-electron chi connectivity index (χ2n) is 41.8. The minimum atomic E-state index is -3.52. The molecule has 1 aromatic rings. The number of fused-ring (bicyclic) bond motifs is 1. The van der Waals surface area contributed by atoms with E-state index in [1.54, 1.807) is 0 Å². The van der Waals surface area contributed by atoms with E-state index in [0.717, 1.165) is 140 Å². The van der Waals surface area contributed by atoms with Crippen LogP contribution < -0.4 is 0 Å². The molecule has 2 saturated heterocycles. The van der Waals surface area contributed by atoms with Crippen molar-refractivity contribution in [3.63, 3.8) is 0 Å². The Morgan fingerprint density at radius 1 is 0.424 bits per heavy atom.